The number of ether oxygens (including phenoxy) is 1. The molecule has 0 atom stereocenters. The summed E-state index contributed by atoms with van der Waals surface area (Å²) in [5.41, 5.74) is 2.26. The first kappa shape index (κ1) is 25.3. The summed E-state index contributed by atoms with van der Waals surface area (Å²) in [6.07, 6.45) is 4.77. The quantitative estimate of drug-likeness (QED) is 0.220. The van der Waals surface area contributed by atoms with Crippen LogP contribution in [0.15, 0.2) is 67.3 Å². The van der Waals surface area contributed by atoms with Gasteiger partial charge in [0.25, 0.3) is 0 Å². The van der Waals surface area contributed by atoms with Gasteiger partial charge in [-0.3, -0.25) is 9.78 Å². The third kappa shape index (κ3) is 7.09. The molecule has 0 aliphatic heterocycles. The normalized spacial score (nSPS) is 10.4. The maximum Gasteiger partial charge on any atom is 0.230 e. The standard InChI is InChI=1S/C26H22ClN5O3S/c27-22-14-19(6-8-24(22)35-20-4-2-9-28-15-20)32-26-21-13-18(5-7-23(21)30-17-31-26)3-1-10-29-25(34)16-36-12-11-33/h2,4-9,13-15,17,33H,10-12,16H2,(H,29,34)(H,30,31,32). The zero-order chi connectivity index (χ0) is 25.2. The molecule has 1 amide bonds. The zero-order valence-corrected chi connectivity index (χ0v) is 20.6. The molecular weight excluding hydrogens is 498 g/mol. The van der Waals surface area contributed by atoms with Gasteiger partial charge in [0, 0.05) is 28.6 Å². The number of nitrogens with zero attached hydrogens (tertiary/aromatic N) is 3. The topological polar surface area (TPSA) is 109 Å². The number of carbonyl (C=O) groups is 1. The van der Waals surface area contributed by atoms with Crippen LogP contribution in [0.4, 0.5) is 11.5 Å². The second-order valence-corrected chi connectivity index (χ2v) is 8.88. The second kappa shape index (κ2) is 12.7. The number of nitrogens with one attached hydrogen (secondary N) is 2. The third-order valence-corrected chi connectivity index (χ3v) is 6.00. The van der Waals surface area contributed by atoms with Crippen molar-refractivity contribution >= 4 is 51.7 Å². The van der Waals surface area contributed by atoms with Gasteiger partial charge >= 0.3 is 0 Å². The number of fused-ring (bicyclic) bond motifs is 1. The molecule has 4 aromatic rings. The smallest absolute Gasteiger partial charge is 0.230 e. The van der Waals surface area contributed by atoms with E-state index in [0.717, 1.165) is 22.2 Å². The van der Waals surface area contributed by atoms with Gasteiger partial charge in [-0.1, -0.05) is 23.4 Å². The first-order chi connectivity index (χ1) is 17.6. The SMILES string of the molecule is O=C(CSCCO)NCC#Cc1ccc2ncnc(Nc3ccc(Oc4cccnc4)c(Cl)c3)c2c1. The lowest BCUT2D eigenvalue weighted by Gasteiger charge is -2.11. The number of benzene rings is 2. The summed E-state index contributed by atoms with van der Waals surface area (Å²) < 4.78 is 5.79. The molecule has 0 unspecified atom stereocenters. The Labute approximate surface area is 217 Å². The molecule has 8 nitrogen and oxygen atoms in total. The number of halogens is 1. The molecule has 2 heterocycles. The van der Waals surface area contributed by atoms with Crippen LogP contribution in [0.3, 0.4) is 0 Å². The van der Waals surface area contributed by atoms with Gasteiger partial charge in [-0.05, 0) is 48.5 Å². The van der Waals surface area contributed by atoms with Crippen molar-refractivity contribution in [2.24, 2.45) is 0 Å². The van der Waals surface area contributed by atoms with Crippen LogP contribution in [-0.2, 0) is 4.79 Å². The highest BCUT2D eigenvalue weighted by molar-refractivity contribution is 7.99. The highest BCUT2D eigenvalue weighted by atomic mass is 35.5. The molecular formula is C26H22ClN5O3S. The molecule has 0 spiro atoms. The molecule has 0 radical (unpaired) electrons. The van der Waals surface area contributed by atoms with Crippen molar-refractivity contribution in [3.8, 4) is 23.3 Å². The fourth-order valence-electron chi connectivity index (χ4n) is 3.14. The van der Waals surface area contributed by atoms with Crippen molar-refractivity contribution in [3.63, 3.8) is 0 Å². The van der Waals surface area contributed by atoms with Crippen molar-refractivity contribution in [2.75, 3.05) is 30.0 Å². The molecule has 4 rings (SSSR count). The first-order valence-electron chi connectivity index (χ1n) is 11.0. The maximum atomic E-state index is 11.7. The highest BCUT2D eigenvalue weighted by Crippen LogP contribution is 2.33. The lowest BCUT2D eigenvalue weighted by molar-refractivity contribution is -0.118. The van der Waals surface area contributed by atoms with Crippen LogP contribution in [-0.4, -0.2) is 50.6 Å². The van der Waals surface area contributed by atoms with Crippen molar-refractivity contribution in [2.45, 2.75) is 0 Å². The molecule has 0 aliphatic carbocycles. The summed E-state index contributed by atoms with van der Waals surface area (Å²) in [7, 11) is 0. The van der Waals surface area contributed by atoms with Gasteiger partial charge in [0.2, 0.25) is 5.91 Å². The van der Waals surface area contributed by atoms with Crippen molar-refractivity contribution in [3.05, 3.63) is 77.8 Å². The van der Waals surface area contributed by atoms with E-state index >= 15 is 0 Å². The van der Waals surface area contributed by atoms with Crippen LogP contribution in [0.25, 0.3) is 10.9 Å². The van der Waals surface area contributed by atoms with E-state index in [9.17, 15) is 4.79 Å². The van der Waals surface area contributed by atoms with Crippen LogP contribution in [0.5, 0.6) is 11.5 Å². The van der Waals surface area contributed by atoms with Crippen molar-refractivity contribution in [1.29, 1.82) is 0 Å². The molecule has 0 saturated heterocycles. The summed E-state index contributed by atoms with van der Waals surface area (Å²) in [6.45, 7) is 0.290. The molecule has 0 fully saturated rings. The average molecular weight is 520 g/mol. The number of pyridine rings is 1. The number of aliphatic hydroxyl groups excluding tert-OH is 1. The number of rotatable bonds is 9. The average Bonchev–Trinajstić information content (AvgIpc) is 2.89. The van der Waals surface area contributed by atoms with Crippen LogP contribution in [0.2, 0.25) is 5.02 Å². The second-order valence-electron chi connectivity index (χ2n) is 7.37. The molecule has 2 aromatic carbocycles. The van der Waals surface area contributed by atoms with Gasteiger partial charge in [0.1, 0.15) is 23.6 Å². The van der Waals surface area contributed by atoms with Gasteiger partial charge in [0.15, 0.2) is 0 Å². The Morgan fingerprint density at radius 2 is 2.08 bits per heavy atom. The van der Waals surface area contributed by atoms with Gasteiger partial charge in [0.05, 0.1) is 35.6 Å². The fraction of sp³-hybridized carbons (Fsp3) is 0.154. The van der Waals surface area contributed by atoms with Crippen LogP contribution in [0, 0.1) is 11.8 Å². The lowest BCUT2D eigenvalue weighted by Crippen LogP contribution is -2.25. The summed E-state index contributed by atoms with van der Waals surface area (Å²) in [5.74, 6) is 8.43. The molecule has 0 saturated carbocycles. The Morgan fingerprint density at radius 3 is 2.89 bits per heavy atom. The number of aliphatic hydroxyl groups is 1. The Kier molecular flexibility index (Phi) is 8.94. The molecule has 10 heteroatoms. The van der Waals surface area contributed by atoms with E-state index in [1.54, 1.807) is 36.7 Å². The first-order valence-corrected chi connectivity index (χ1v) is 12.5. The van der Waals surface area contributed by atoms with E-state index in [1.165, 1.54) is 18.1 Å². The number of thioether (sulfide) groups is 1. The molecule has 2 aromatic heterocycles. The van der Waals surface area contributed by atoms with E-state index in [2.05, 4.69) is 37.4 Å². The summed E-state index contributed by atoms with van der Waals surface area (Å²) >= 11 is 7.81. The number of amides is 1. The number of hydrogen-bond donors (Lipinski definition) is 3. The Hall–Kier alpha value is -3.84. The van der Waals surface area contributed by atoms with Crippen LogP contribution < -0.4 is 15.4 Å². The molecule has 0 bridgehead atoms. The van der Waals surface area contributed by atoms with Crippen LogP contribution in [0.1, 0.15) is 5.56 Å². The van der Waals surface area contributed by atoms with Gasteiger partial charge in [-0.2, -0.15) is 0 Å². The fourth-order valence-corrected chi connectivity index (χ4v) is 3.92. The van der Waals surface area contributed by atoms with Crippen LogP contribution >= 0.6 is 23.4 Å². The number of aromatic nitrogens is 3. The maximum absolute atomic E-state index is 11.7. The van der Waals surface area contributed by atoms with Gasteiger partial charge in [-0.25, -0.2) is 9.97 Å². The predicted molar refractivity (Wildman–Crippen MR) is 143 cm³/mol. The number of anilines is 2. The zero-order valence-electron chi connectivity index (χ0n) is 19.1. The largest absolute Gasteiger partial charge is 0.454 e. The van der Waals surface area contributed by atoms with E-state index in [-0.39, 0.29) is 19.1 Å². The number of carbonyl (C=O) groups excluding carboxylic acids is 1. The minimum absolute atomic E-state index is 0.0548. The van der Waals surface area contributed by atoms with Gasteiger partial charge in [-0.15, -0.1) is 11.8 Å². The molecule has 0 aliphatic rings. The Balaban J connectivity index is 1.45. The highest BCUT2D eigenvalue weighted by Gasteiger charge is 2.09. The Bertz CT molecular complexity index is 1410. The van der Waals surface area contributed by atoms with Crippen molar-refractivity contribution < 1.29 is 14.6 Å². The molecule has 36 heavy (non-hydrogen) atoms. The van der Waals surface area contributed by atoms with E-state index in [0.29, 0.717) is 33.8 Å². The predicted octanol–water partition coefficient (Wildman–Crippen LogP) is 4.41. The minimum atomic E-state index is -0.114. The summed E-state index contributed by atoms with van der Waals surface area (Å²) in [4.78, 5) is 24.5. The lowest BCUT2D eigenvalue weighted by atomic mass is 10.1. The van der Waals surface area contributed by atoms with E-state index in [1.807, 2.05) is 24.3 Å². The monoisotopic (exact) mass is 519 g/mol. The third-order valence-electron chi connectivity index (χ3n) is 4.77. The summed E-state index contributed by atoms with van der Waals surface area (Å²) in [5, 5.41) is 16.0. The minimum Gasteiger partial charge on any atom is -0.454 e. The van der Waals surface area contributed by atoms with Gasteiger partial charge < -0.3 is 20.5 Å². The Morgan fingerprint density at radius 1 is 1.17 bits per heavy atom. The number of hydrogen-bond acceptors (Lipinski definition) is 8. The van der Waals surface area contributed by atoms with Crippen molar-refractivity contribution in [1.82, 2.24) is 20.3 Å². The molecule has 3 N–H and O–H groups in total. The summed E-state index contributed by atoms with van der Waals surface area (Å²) in [6, 6.07) is 14.6. The van der Waals surface area contributed by atoms with E-state index < -0.39 is 0 Å². The molecule has 182 valence electrons. The van der Waals surface area contributed by atoms with E-state index in [4.69, 9.17) is 21.4 Å².